The van der Waals surface area contributed by atoms with E-state index in [0.29, 0.717) is 76.7 Å². The fourth-order valence-electron chi connectivity index (χ4n) is 5.10. The standard InChI is InChI=1S/C27H33F4N3O4S/c1-38-27(11-2-3-12-27)26(35)33-39(36,37)22-14-23(30)25(24(31)15-22)32-21(10-13-34-16-20(29)17-34)9-6-18-4-7-19(28)8-5-18/h4-5,7-8,14-15,20-21,32H,2-3,6,9-13,16-17H2,1H3,(H,33,35)/t21-/m0/s1. The molecule has 2 aromatic carbocycles. The molecule has 1 saturated carbocycles. The lowest BCUT2D eigenvalue weighted by Crippen LogP contribution is -2.49. The van der Waals surface area contributed by atoms with Gasteiger partial charge in [0.2, 0.25) is 0 Å². The minimum Gasteiger partial charge on any atom is -0.378 e. The van der Waals surface area contributed by atoms with Gasteiger partial charge in [0.15, 0.2) is 11.6 Å². The summed E-state index contributed by atoms with van der Waals surface area (Å²) in [5, 5.41) is 2.84. The molecule has 0 aromatic heterocycles. The molecule has 7 nitrogen and oxygen atoms in total. The smallest absolute Gasteiger partial charge is 0.265 e. The third-order valence-electron chi connectivity index (χ3n) is 7.52. The van der Waals surface area contributed by atoms with Gasteiger partial charge in [0, 0.05) is 32.8 Å². The molecule has 12 heteroatoms. The summed E-state index contributed by atoms with van der Waals surface area (Å²) < 4.78 is 89.5. The Morgan fingerprint density at radius 2 is 1.69 bits per heavy atom. The van der Waals surface area contributed by atoms with E-state index in [1.807, 2.05) is 9.62 Å². The first kappa shape index (κ1) is 29.3. The Bertz CT molecular complexity index is 1240. The molecule has 0 spiro atoms. The molecular formula is C27H33F4N3O4S. The number of alkyl halides is 1. The van der Waals surface area contributed by atoms with E-state index in [0.717, 1.165) is 5.56 Å². The number of rotatable bonds is 12. The van der Waals surface area contributed by atoms with E-state index in [1.54, 1.807) is 12.1 Å². The van der Waals surface area contributed by atoms with E-state index in [2.05, 4.69) is 5.32 Å². The molecule has 2 fully saturated rings. The molecule has 2 aromatic rings. The number of carbonyl (C=O) groups is 1. The number of hydrogen-bond acceptors (Lipinski definition) is 6. The number of methoxy groups -OCH3 is 1. The van der Waals surface area contributed by atoms with Crippen molar-refractivity contribution >= 4 is 21.6 Å². The van der Waals surface area contributed by atoms with Crippen molar-refractivity contribution < 1.29 is 35.5 Å². The highest BCUT2D eigenvalue weighted by Crippen LogP contribution is 2.33. The third-order valence-corrected chi connectivity index (χ3v) is 8.83. The summed E-state index contributed by atoms with van der Waals surface area (Å²) in [4.78, 5) is 13.9. The number of anilines is 1. The van der Waals surface area contributed by atoms with Crippen molar-refractivity contribution in [2.24, 2.45) is 0 Å². The van der Waals surface area contributed by atoms with Gasteiger partial charge in [0.1, 0.15) is 23.3 Å². The highest BCUT2D eigenvalue weighted by molar-refractivity contribution is 7.90. The van der Waals surface area contributed by atoms with Crippen LogP contribution in [0, 0.1) is 17.5 Å². The van der Waals surface area contributed by atoms with Gasteiger partial charge in [-0.25, -0.2) is 30.7 Å². The molecule has 0 bridgehead atoms. The Morgan fingerprint density at radius 1 is 1.08 bits per heavy atom. The zero-order chi connectivity index (χ0) is 28.2. The van der Waals surface area contributed by atoms with E-state index in [-0.39, 0.29) is 5.82 Å². The number of hydrogen-bond donors (Lipinski definition) is 2. The van der Waals surface area contributed by atoms with Gasteiger partial charge in [0.25, 0.3) is 15.9 Å². The largest absolute Gasteiger partial charge is 0.378 e. The maximum Gasteiger partial charge on any atom is 0.265 e. The highest BCUT2D eigenvalue weighted by atomic mass is 32.2. The minimum absolute atomic E-state index is 0.302. The molecule has 214 valence electrons. The zero-order valence-electron chi connectivity index (χ0n) is 21.7. The minimum atomic E-state index is -4.57. The lowest BCUT2D eigenvalue weighted by Gasteiger charge is -2.35. The molecule has 4 rings (SSSR count). The summed E-state index contributed by atoms with van der Waals surface area (Å²) in [6.45, 7) is 1.11. The second-order valence-electron chi connectivity index (χ2n) is 10.3. The summed E-state index contributed by atoms with van der Waals surface area (Å²) >= 11 is 0. The van der Waals surface area contributed by atoms with Crippen LogP contribution in [-0.2, 0) is 26.0 Å². The van der Waals surface area contributed by atoms with Crippen molar-refractivity contribution in [1.29, 1.82) is 0 Å². The van der Waals surface area contributed by atoms with Gasteiger partial charge in [-0.2, -0.15) is 0 Å². The number of amides is 1. The molecule has 0 unspecified atom stereocenters. The monoisotopic (exact) mass is 571 g/mol. The maximum atomic E-state index is 15.1. The summed E-state index contributed by atoms with van der Waals surface area (Å²) in [6.07, 6.45) is 2.58. The molecular weight excluding hydrogens is 538 g/mol. The zero-order valence-corrected chi connectivity index (χ0v) is 22.5. The van der Waals surface area contributed by atoms with Crippen LogP contribution in [0.25, 0.3) is 0 Å². The van der Waals surface area contributed by atoms with E-state index in [9.17, 15) is 22.0 Å². The fraction of sp³-hybridized carbons (Fsp3) is 0.519. The third kappa shape index (κ3) is 7.09. The van der Waals surface area contributed by atoms with E-state index in [4.69, 9.17) is 4.74 Å². The Labute approximate surface area is 226 Å². The average molecular weight is 572 g/mol. The lowest BCUT2D eigenvalue weighted by atomic mass is 10.0. The normalized spacial score (nSPS) is 18.5. The van der Waals surface area contributed by atoms with Crippen LogP contribution in [-0.4, -0.2) is 63.8 Å². The van der Waals surface area contributed by atoms with Crippen molar-refractivity contribution in [2.45, 2.75) is 67.7 Å². The number of aryl methyl sites for hydroxylation is 1. The van der Waals surface area contributed by atoms with Crippen molar-refractivity contribution in [3.63, 3.8) is 0 Å². The number of benzene rings is 2. The van der Waals surface area contributed by atoms with E-state index < -0.39 is 56.0 Å². The fourth-order valence-corrected chi connectivity index (χ4v) is 6.16. The number of sulfonamides is 1. The molecule has 1 aliphatic carbocycles. The predicted molar refractivity (Wildman–Crippen MR) is 138 cm³/mol. The summed E-state index contributed by atoms with van der Waals surface area (Å²) in [5.74, 6) is -3.51. The molecule has 1 saturated heterocycles. The molecule has 39 heavy (non-hydrogen) atoms. The first-order chi connectivity index (χ1) is 18.5. The molecule has 1 amide bonds. The average Bonchev–Trinajstić information content (AvgIpc) is 3.37. The van der Waals surface area contributed by atoms with Crippen molar-refractivity contribution in [3.05, 3.63) is 59.4 Å². The van der Waals surface area contributed by atoms with Crippen LogP contribution in [0.3, 0.4) is 0 Å². The van der Waals surface area contributed by atoms with Gasteiger partial charge in [-0.15, -0.1) is 0 Å². The van der Waals surface area contributed by atoms with Gasteiger partial charge in [0.05, 0.1) is 4.90 Å². The maximum absolute atomic E-state index is 15.1. The Morgan fingerprint density at radius 3 is 2.26 bits per heavy atom. The first-order valence-electron chi connectivity index (χ1n) is 13.0. The molecule has 0 radical (unpaired) electrons. The second kappa shape index (κ2) is 12.2. The van der Waals surface area contributed by atoms with Crippen LogP contribution in [0.4, 0.5) is 23.2 Å². The summed E-state index contributed by atoms with van der Waals surface area (Å²) in [5.41, 5.74) is -0.951. The van der Waals surface area contributed by atoms with Crippen LogP contribution in [0.1, 0.15) is 44.1 Å². The number of likely N-dealkylation sites (tertiary alicyclic amines) is 1. The van der Waals surface area contributed by atoms with E-state index >= 15 is 8.78 Å². The van der Waals surface area contributed by atoms with Gasteiger partial charge in [-0.05, 0) is 74.8 Å². The predicted octanol–water partition coefficient (Wildman–Crippen LogP) is 4.33. The van der Waals surface area contributed by atoms with Crippen LogP contribution >= 0.6 is 0 Å². The van der Waals surface area contributed by atoms with Gasteiger partial charge < -0.3 is 10.1 Å². The Kier molecular flexibility index (Phi) is 9.18. The molecule has 1 atom stereocenters. The molecule has 1 aliphatic heterocycles. The number of nitrogens with one attached hydrogen (secondary N) is 2. The van der Waals surface area contributed by atoms with Crippen LogP contribution < -0.4 is 10.0 Å². The van der Waals surface area contributed by atoms with Crippen LogP contribution in [0.15, 0.2) is 41.3 Å². The molecule has 1 heterocycles. The Hall–Kier alpha value is -2.70. The van der Waals surface area contributed by atoms with Gasteiger partial charge in [-0.3, -0.25) is 9.69 Å². The Balaban J connectivity index is 1.48. The van der Waals surface area contributed by atoms with Crippen molar-refractivity contribution in [3.8, 4) is 0 Å². The number of halogens is 4. The first-order valence-corrected chi connectivity index (χ1v) is 14.5. The summed E-state index contributed by atoms with van der Waals surface area (Å²) in [7, 11) is -3.25. The number of ether oxygens (including phenoxy) is 1. The summed E-state index contributed by atoms with van der Waals surface area (Å²) in [6, 6.07) is 6.80. The molecule has 2 aliphatic rings. The highest BCUT2D eigenvalue weighted by Gasteiger charge is 2.43. The van der Waals surface area contributed by atoms with Crippen molar-refractivity contribution in [2.75, 3.05) is 32.1 Å². The van der Waals surface area contributed by atoms with Gasteiger partial charge in [-0.1, -0.05) is 12.1 Å². The quantitative estimate of drug-likeness (QED) is 0.369. The van der Waals surface area contributed by atoms with Crippen LogP contribution in [0.2, 0.25) is 0 Å². The van der Waals surface area contributed by atoms with Gasteiger partial charge >= 0.3 is 0 Å². The SMILES string of the molecule is COC1(C(=O)NS(=O)(=O)c2cc(F)c(N[C@@H](CCc3ccc(F)cc3)CCN3CC(F)C3)c(F)c2)CCCC1. The topological polar surface area (TPSA) is 87.7 Å². The second-order valence-corrected chi connectivity index (χ2v) is 11.9. The number of nitrogens with zero attached hydrogens (tertiary/aromatic N) is 1. The van der Waals surface area contributed by atoms with E-state index in [1.165, 1.54) is 19.2 Å². The van der Waals surface area contributed by atoms with Crippen LogP contribution in [0.5, 0.6) is 0 Å². The van der Waals surface area contributed by atoms with Crippen molar-refractivity contribution in [1.82, 2.24) is 9.62 Å². The lowest BCUT2D eigenvalue weighted by molar-refractivity contribution is -0.140. The number of carbonyl (C=O) groups excluding carboxylic acids is 1. The molecule has 2 N–H and O–H groups in total.